The summed E-state index contributed by atoms with van der Waals surface area (Å²) in [6.45, 7) is 6.96. The Morgan fingerprint density at radius 3 is 2.35 bits per heavy atom. The van der Waals surface area contributed by atoms with Gasteiger partial charge in [-0.25, -0.2) is 0 Å². The number of hydrogen-bond donors (Lipinski definition) is 0. The highest BCUT2D eigenvalue weighted by atomic mass is 16.5. The van der Waals surface area contributed by atoms with Crippen LogP contribution in [0.1, 0.15) is 32.6 Å². The van der Waals surface area contributed by atoms with Crippen molar-refractivity contribution in [3.8, 4) is 5.75 Å². The SMILES string of the molecule is Cc1cc(C)c(CCOc2ccccc2C=O)c(C)c1. The zero-order valence-corrected chi connectivity index (χ0v) is 12.3. The van der Waals surface area contributed by atoms with Gasteiger partial charge in [-0.15, -0.1) is 0 Å². The van der Waals surface area contributed by atoms with Gasteiger partial charge in [0.1, 0.15) is 5.75 Å². The number of benzene rings is 2. The van der Waals surface area contributed by atoms with E-state index in [1.807, 2.05) is 18.2 Å². The van der Waals surface area contributed by atoms with Crippen molar-refractivity contribution in [1.29, 1.82) is 0 Å². The third-order valence-corrected chi connectivity index (χ3v) is 3.50. The zero-order valence-electron chi connectivity index (χ0n) is 12.3. The van der Waals surface area contributed by atoms with Crippen LogP contribution in [0.5, 0.6) is 5.75 Å². The first kappa shape index (κ1) is 14.3. The number of ether oxygens (including phenoxy) is 1. The van der Waals surface area contributed by atoms with E-state index in [1.54, 1.807) is 6.07 Å². The monoisotopic (exact) mass is 268 g/mol. The smallest absolute Gasteiger partial charge is 0.153 e. The molecule has 0 spiro atoms. The second-order valence-electron chi connectivity index (χ2n) is 5.13. The number of aldehydes is 1. The lowest BCUT2D eigenvalue weighted by atomic mass is 9.98. The van der Waals surface area contributed by atoms with E-state index in [-0.39, 0.29) is 0 Å². The molecule has 0 aliphatic heterocycles. The van der Waals surface area contributed by atoms with Crippen LogP contribution in [-0.2, 0) is 6.42 Å². The summed E-state index contributed by atoms with van der Waals surface area (Å²) < 4.78 is 5.74. The lowest BCUT2D eigenvalue weighted by Crippen LogP contribution is -2.06. The minimum absolute atomic E-state index is 0.579. The lowest BCUT2D eigenvalue weighted by molar-refractivity contribution is 0.111. The molecule has 0 saturated carbocycles. The van der Waals surface area contributed by atoms with Crippen LogP contribution < -0.4 is 4.74 Å². The number of para-hydroxylation sites is 1. The first-order valence-electron chi connectivity index (χ1n) is 6.85. The first-order valence-corrected chi connectivity index (χ1v) is 6.85. The van der Waals surface area contributed by atoms with E-state index >= 15 is 0 Å². The second kappa shape index (κ2) is 6.38. The van der Waals surface area contributed by atoms with Gasteiger partial charge in [0.25, 0.3) is 0 Å². The Balaban J connectivity index is 2.05. The quantitative estimate of drug-likeness (QED) is 0.765. The summed E-state index contributed by atoms with van der Waals surface area (Å²) in [4.78, 5) is 10.9. The van der Waals surface area contributed by atoms with Gasteiger partial charge in [0.2, 0.25) is 0 Å². The molecule has 0 unspecified atom stereocenters. The topological polar surface area (TPSA) is 26.3 Å². The molecule has 0 atom stereocenters. The minimum Gasteiger partial charge on any atom is -0.492 e. The molecule has 0 amide bonds. The minimum atomic E-state index is 0.579. The van der Waals surface area contributed by atoms with Crippen molar-refractivity contribution in [3.63, 3.8) is 0 Å². The molecule has 0 fully saturated rings. The molecule has 104 valence electrons. The normalized spacial score (nSPS) is 10.3. The number of carbonyl (C=O) groups is 1. The zero-order chi connectivity index (χ0) is 14.5. The van der Waals surface area contributed by atoms with Crippen molar-refractivity contribution in [3.05, 3.63) is 64.2 Å². The van der Waals surface area contributed by atoms with Crippen molar-refractivity contribution >= 4 is 6.29 Å². The van der Waals surface area contributed by atoms with Gasteiger partial charge in [-0.3, -0.25) is 4.79 Å². The molecule has 0 bridgehead atoms. The predicted octanol–water partition coefficient (Wildman–Crippen LogP) is 4.05. The Hall–Kier alpha value is -2.09. The fourth-order valence-corrected chi connectivity index (χ4v) is 2.58. The molecule has 0 radical (unpaired) electrons. The fourth-order valence-electron chi connectivity index (χ4n) is 2.58. The molecule has 2 aromatic carbocycles. The highest BCUT2D eigenvalue weighted by Crippen LogP contribution is 2.19. The third kappa shape index (κ3) is 3.27. The van der Waals surface area contributed by atoms with Crippen LogP contribution in [0.4, 0.5) is 0 Å². The van der Waals surface area contributed by atoms with Crippen LogP contribution in [0.3, 0.4) is 0 Å². The third-order valence-electron chi connectivity index (χ3n) is 3.50. The van der Waals surface area contributed by atoms with Gasteiger partial charge in [-0.05, 0) is 49.6 Å². The van der Waals surface area contributed by atoms with Gasteiger partial charge in [0.15, 0.2) is 6.29 Å². The van der Waals surface area contributed by atoms with Crippen LogP contribution in [0.2, 0.25) is 0 Å². The summed E-state index contributed by atoms with van der Waals surface area (Å²) in [6, 6.07) is 11.7. The van der Waals surface area contributed by atoms with Crippen LogP contribution in [0, 0.1) is 20.8 Å². The van der Waals surface area contributed by atoms with Gasteiger partial charge in [0.05, 0.1) is 12.2 Å². The van der Waals surface area contributed by atoms with Crippen molar-refractivity contribution in [2.45, 2.75) is 27.2 Å². The summed E-state index contributed by atoms with van der Waals surface area (Å²) in [7, 11) is 0. The maximum atomic E-state index is 10.9. The van der Waals surface area contributed by atoms with Gasteiger partial charge in [-0.2, -0.15) is 0 Å². The number of hydrogen-bond acceptors (Lipinski definition) is 2. The standard InChI is InChI=1S/C18H20O2/c1-13-10-14(2)17(15(3)11-13)8-9-20-18-7-5-4-6-16(18)12-19/h4-7,10-12H,8-9H2,1-3H3. The van der Waals surface area contributed by atoms with Crippen molar-refractivity contribution < 1.29 is 9.53 Å². The highest BCUT2D eigenvalue weighted by Gasteiger charge is 2.06. The van der Waals surface area contributed by atoms with E-state index in [4.69, 9.17) is 4.74 Å². The Kier molecular flexibility index (Phi) is 4.57. The van der Waals surface area contributed by atoms with Crippen molar-refractivity contribution in [2.75, 3.05) is 6.61 Å². The van der Waals surface area contributed by atoms with E-state index < -0.39 is 0 Å². The van der Waals surface area contributed by atoms with E-state index in [1.165, 1.54) is 22.3 Å². The second-order valence-corrected chi connectivity index (χ2v) is 5.13. The van der Waals surface area contributed by atoms with Gasteiger partial charge >= 0.3 is 0 Å². The Morgan fingerprint density at radius 2 is 1.70 bits per heavy atom. The lowest BCUT2D eigenvalue weighted by Gasteiger charge is -2.13. The maximum Gasteiger partial charge on any atom is 0.153 e. The van der Waals surface area contributed by atoms with Crippen LogP contribution in [0.15, 0.2) is 36.4 Å². The van der Waals surface area contributed by atoms with Gasteiger partial charge < -0.3 is 4.74 Å². The average Bonchev–Trinajstić information content (AvgIpc) is 2.42. The Labute approximate surface area is 120 Å². The highest BCUT2D eigenvalue weighted by molar-refractivity contribution is 5.79. The molecule has 20 heavy (non-hydrogen) atoms. The molecule has 0 aliphatic rings. The number of rotatable bonds is 5. The van der Waals surface area contributed by atoms with E-state index in [0.717, 1.165) is 12.7 Å². The number of aryl methyl sites for hydroxylation is 3. The molecule has 0 heterocycles. The maximum absolute atomic E-state index is 10.9. The molecular weight excluding hydrogens is 248 g/mol. The largest absolute Gasteiger partial charge is 0.492 e. The van der Waals surface area contributed by atoms with Gasteiger partial charge in [0, 0.05) is 6.42 Å². The number of carbonyl (C=O) groups excluding carboxylic acids is 1. The predicted molar refractivity (Wildman–Crippen MR) is 81.7 cm³/mol. The molecule has 0 saturated heterocycles. The van der Waals surface area contributed by atoms with Crippen LogP contribution in [-0.4, -0.2) is 12.9 Å². The van der Waals surface area contributed by atoms with Crippen LogP contribution in [0.25, 0.3) is 0 Å². The molecule has 2 rings (SSSR count). The summed E-state index contributed by atoms with van der Waals surface area (Å²) in [5.74, 6) is 0.657. The molecule has 2 aromatic rings. The molecule has 0 N–H and O–H groups in total. The molecule has 2 nitrogen and oxygen atoms in total. The van der Waals surface area contributed by atoms with Crippen molar-refractivity contribution in [2.24, 2.45) is 0 Å². The van der Waals surface area contributed by atoms with Crippen LogP contribution >= 0.6 is 0 Å². The first-order chi connectivity index (χ1) is 9.61. The average molecular weight is 268 g/mol. The molecule has 2 heteroatoms. The Morgan fingerprint density at radius 1 is 1.05 bits per heavy atom. The molecular formula is C18H20O2. The van der Waals surface area contributed by atoms with Crippen molar-refractivity contribution in [1.82, 2.24) is 0 Å². The summed E-state index contributed by atoms with van der Waals surface area (Å²) in [5, 5.41) is 0. The summed E-state index contributed by atoms with van der Waals surface area (Å²) >= 11 is 0. The van der Waals surface area contributed by atoms with E-state index in [0.29, 0.717) is 17.9 Å². The fraction of sp³-hybridized carbons (Fsp3) is 0.278. The van der Waals surface area contributed by atoms with E-state index in [9.17, 15) is 4.79 Å². The molecule has 0 aliphatic carbocycles. The summed E-state index contributed by atoms with van der Waals surface area (Å²) in [5.41, 5.74) is 5.82. The summed E-state index contributed by atoms with van der Waals surface area (Å²) in [6.07, 6.45) is 1.68. The van der Waals surface area contributed by atoms with E-state index in [2.05, 4.69) is 32.9 Å². The molecule has 0 aromatic heterocycles. The van der Waals surface area contributed by atoms with Gasteiger partial charge in [-0.1, -0.05) is 29.8 Å². The Bertz CT molecular complexity index is 592.